The molecule has 2 aromatic carbocycles. The van der Waals surface area contributed by atoms with Crippen molar-refractivity contribution in [3.05, 3.63) is 65.2 Å². The molecule has 0 bridgehead atoms. The SMILES string of the molecule is CC1(C)C(=O)C(C2=NS(O)(O)c3ccccc3N2)=C(O)c2ccccc21. The Labute approximate surface area is 152 Å². The number of nitrogens with one attached hydrogen (secondary N) is 1. The van der Waals surface area contributed by atoms with E-state index in [4.69, 9.17) is 0 Å². The third-order valence-corrected chi connectivity index (χ3v) is 6.16. The molecule has 0 atom stereocenters. The Morgan fingerprint density at radius 2 is 1.69 bits per heavy atom. The highest BCUT2D eigenvalue weighted by Gasteiger charge is 2.43. The Kier molecular flexibility index (Phi) is 3.52. The van der Waals surface area contributed by atoms with Gasteiger partial charge in [0.15, 0.2) is 11.6 Å². The molecule has 0 saturated heterocycles. The molecule has 0 fully saturated rings. The second-order valence-corrected chi connectivity index (χ2v) is 8.46. The van der Waals surface area contributed by atoms with Crippen LogP contribution in [0, 0.1) is 0 Å². The van der Waals surface area contributed by atoms with Gasteiger partial charge in [-0.25, -0.2) is 0 Å². The Morgan fingerprint density at radius 1 is 1.04 bits per heavy atom. The van der Waals surface area contributed by atoms with E-state index in [2.05, 4.69) is 9.71 Å². The lowest BCUT2D eigenvalue weighted by molar-refractivity contribution is -0.119. The van der Waals surface area contributed by atoms with Crippen LogP contribution < -0.4 is 5.32 Å². The molecule has 0 saturated carbocycles. The summed E-state index contributed by atoms with van der Waals surface area (Å²) in [5, 5.41) is 13.7. The minimum absolute atomic E-state index is 0.0335. The second kappa shape index (κ2) is 5.44. The van der Waals surface area contributed by atoms with E-state index in [0.717, 1.165) is 5.56 Å². The van der Waals surface area contributed by atoms with Gasteiger partial charge in [0.2, 0.25) is 0 Å². The number of nitrogens with zero attached hydrogens (tertiary/aromatic N) is 1. The zero-order valence-corrected chi connectivity index (χ0v) is 15.0. The summed E-state index contributed by atoms with van der Waals surface area (Å²) >= 11 is 0. The first-order valence-electron chi connectivity index (χ1n) is 8.06. The molecule has 134 valence electrons. The summed E-state index contributed by atoms with van der Waals surface area (Å²) in [7, 11) is -3.47. The van der Waals surface area contributed by atoms with Gasteiger partial charge in [-0.2, -0.15) is 0 Å². The summed E-state index contributed by atoms with van der Waals surface area (Å²) < 4.78 is 24.8. The zero-order chi connectivity index (χ0) is 18.7. The van der Waals surface area contributed by atoms with Gasteiger partial charge in [-0.05, 0) is 31.5 Å². The molecule has 0 aromatic heterocycles. The topological polar surface area (TPSA) is 102 Å². The van der Waals surface area contributed by atoms with Crippen LogP contribution in [0.15, 0.2) is 63.4 Å². The summed E-state index contributed by atoms with van der Waals surface area (Å²) in [5.74, 6) is -0.589. The third-order valence-electron chi connectivity index (χ3n) is 4.78. The van der Waals surface area contributed by atoms with Crippen LogP contribution in [0.25, 0.3) is 5.76 Å². The number of amidine groups is 1. The Hall–Kier alpha value is -2.61. The van der Waals surface area contributed by atoms with E-state index in [-0.39, 0.29) is 27.8 Å². The molecule has 1 aliphatic carbocycles. The number of aliphatic hydroxyl groups excluding tert-OH is 1. The highest BCUT2D eigenvalue weighted by molar-refractivity contribution is 8.23. The fourth-order valence-corrected chi connectivity index (χ4v) is 4.54. The van der Waals surface area contributed by atoms with Gasteiger partial charge in [-0.15, -0.1) is 4.40 Å². The van der Waals surface area contributed by atoms with Crippen LogP contribution in [0.2, 0.25) is 0 Å². The van der Waals surface area contributed by atoms with Crippen molar-refractivity contribution >= 4 is 33.8 Å². The van der Waals surface area contributed by atoms with Crippen LogP contribution in [0.3, 0.4) is 0 Å². The number of rotatable bonds is 1. The molecular formula is C19H18N2O4S. The maximum absolute atomic E-state index is 13.1. The number of Topliss-reactive ketones (excluding diaryl/α,β-unsaturated/α-hetero) is 1. The van der Waals surface area contributed by atoms with Crippen LogP contribution in [-0.2, 0) is 10.2 Å². The molecule has 1 heterocycles. The van der Waals surface area contributed by atoms with E-state index in [1.807, 2.05) is 6.07 Å². The van der Waals surface area contributed by atoms with Gasteiger partial charge in [-0.1, -0.05) is 47.2 Å². The standard InChI is InChI=1S/C19H18N2O4S/c1-19(2)12-8-4-3-7-11(12)16(22)15(17(19)23)18-20-13-9-5-6-10-14(13)26(24,25)21-18/h3-10,22,24-25H,1-2H3,(H,20,21). The normalized spacial score (nSPS) is 21.2. The van der Waals surface area contributed by atoms with Crippen molar-refractivity contribution in [1.82, 2.24) is 0 Å². The molecule has 4 rings (SSSR count). The van der Waals surface area contributed by atoms with Gasteiger partial charge in [0.1, 0.15) is 16.2 Å². The summed E-state index contributed by atoms with van der Waals surface area (Å²) in [6.45, 7) is 3.55. The van der Waals surface area contributed by atoms with Crippen LogP contribution in [0.1, 0.15) is 25.0 Å². The first kappa shape index (κ1) is 16.8. The van der Waals surface area contributed by atoms with Gasteiger partial charge in [-0.3, -0.25) is 13.9 Å². The lowest BCUT2D eigenvalue weighted by atomic mass is 9.71. The van der Waals surface area contributed by atoms with Crippen molar-refractivity contribution in [2.45, 2.75) is 24.2 Å². The summed E-state index contributed by atoms with van der Waals surface area (Å²) in [4.78, 5) is 13.4. The molecule has 0 unspecified atom stereocenters. The Balaban J connectivity index is 1.94. The Bertz CT molecular complexity index is 1010. The maximum Gasteiger partial charge on any atom is 0.180 e. The van der Waals surface area contributed by atoms with Gasteiger partial charge in [0.05, 0.1) is 11.1 Å². The highest BCUT2D eigenvalue weighted by atomic mass is 32.3. The number of aliphatic hydroxyl groups is 1. The molecular weight excluding hydrogens is 352 g/mol. The lowest BCUT2D eigenvalue weighted by Crippen LogP contribution is -2.40. The minimum atomic E-state index is -3.47. The molecule has 0 spiro atoms. The van der Waals surface area contributed by atoms with Crippen LogP contribution >= 0.6 is 10.8 Å². The number of hydrogen-bond donors (Lipinski definition) is 4. The van der Waals surface area contributed by atoms with Crippen molar-refractivity contribution in [2.24, 2.45) is 4.40 Å². The second-order valence-electron chi connectivity index (χ2n) is 6.80. The van der Waals surface area contributed by atoms with Gasteiger partial charge in [0, 0.05) is 5.56 Å². The molecule has 2 aromatic rings. The van der Waals surface area contributed by atoms with Crippen molar-refractivity contribution in [3.8, 4) is 0 Å². The number of para-hydroxylation sites is 1. The van der Waals surface area contributed by atoms with Gasteiger partial charge >= 0.3 is 0 Å². The number of carbonyl (C=O) groups is 1. The van der Waals surface area contributed by atoms with Crippen molar-refractivity contribution in [3.63, 3.8) is 0 Å². The minimum Gasteiger partial charge on any atom is -0.506 e. The molecule has 0 amide bonds. The summed E-state index contributed by atoms with van der Waals surface area (Å²) in [6.07, 6.45) is 0. The molecule has 6 nitrogen and oxygen atoms in total. The van der Waals surface area contributed by atoms with Crippen molar-refractivity contribution < 1.29 is 19.0 Å². The first-order valence-corrected chi connectivity index (χ1v) is 9.56. The van der Waals surface area contributed by atoms with E-state index in [9.17, 15) is 19.0 Å². The average molecular weight is 370 g/mol. The molecule has 4 N–H and O–H groups in total. The van der Waals surface area contributed by atoms with Gasteiger partial charge in [0.25, 0.3) is 0 Å². The zero-order valence-electron chi connectivity index (χ0n) is 14.2. The number of anilines is 1. The lowest BCUT2D eigenvalue weighted by Gasteiger charge is -2.37. The largest absolute Gasteiger partial charge is 0.506 e. The number of hydrogen-bond acceptors (Lipinski definition) is 6. The quantitative estimate of drug-likeness (QED) is 0.597. The van der Waals surface area contributed by atoms with Gasteiger partial charge < -0.3 is 10.4 Å². The molecule has 2 aliphatic rings. The predicted molar refractivity (Wildman–Crippen MR) is 103 cm³/mol. The number of fused-ring (bicyclic) bond motifs is 2. The van der Waals surface area contributed by atoms with Crippen molar-refractivity contribution in [2.75, 3.05) is 5.32 Å². The van der Waals surface area contributed by atoms with Crippen LogP contribution in [-0.4, -0.2) is 25.8 Å². The maximum atomic E-state index is 13.1. The average Bonchev–Trinajstić information content (AvgIpc) is 2.60. The number of ketones is 1. The van der Waals surface area contributed by atoms with E-state index in [1.165, 1.54) is 0 Å². The molecule has 7 heteroatoms. The Morgan fingerprint density at radius 3 is 2.46 bits per heavy atom. The smallest absolute Gasteiger partial charge is 0.180 e. The van der Waals surface area contributed by atoms with Crippen LogP contribution in [0.4, 0.5) is 5.69 Å². The van der Waals surface area contributed by atoms with E-state index < -0.39 is 16.2 Å². The fraction of sp³-hybridized carbons (Fsp3) is 0.158. The predicted octanol–water partition coefficient (Wildman–Crippen LogP) is 4.36. The van der Waals surface area contributed by atoms with E-state index in [1.54, 1.807) is 56.3 Å². The van der Waals surface area contributed by atoms with Crippen LogP contribution in [0.5, 0.6) is 0 Å². The third kappa shape index (κ3) is 2.28. The monoisotopic (exact) mass is 370 g/mol. The van der Waals surface area contributed by atoms with E-state index in [0.29, 0.717) is 11.3 Å². The number of benzene rings is 2. The first-order chi connectivity index (χ1) is 12.2. The molecule has 26 heavy (non-hydrogen) atoms. The highest BCUT2D eigenvalue weighted by Crippen LogP contribution is 2.56. The van der Waals surface area contributed by atoms with E-state index >= 15 is 0 Å². The summed E-state index contributed by atoms with van der Waals surface area (Å²) in [5.41, 5.74) is 0.773. The van der Waals surface area contributed by atoms with Crippen molar-refractivity contribution in [1.29, 1.82) is 0 Å². The molecule has 1 aliphatic heterocycles. The number of carbonyl (C=O) groups excluding carboxylic acids is 1. The fourth-order valence-electron chi connectivity index (χ4n) is 3.38. The molecule has 0 radical (unpaired) electrons. The summed E-state index contributed by atoms with van der Waals surface area (Å²) in [6, 6.07) is 13.8.